The summed E-state index contributed by atoms with van der Waals surface area (Å²) in [5, 5.41) is 3.37. The molecule has 1 N–H and O–H groups in total. The zero-order valence-corrected chi connectivity index (χ0v) is 12.0. The summed E-state index contributed by atoms with van der Waals surface area (Å²) in [5.74, 6) is 0. The predicted molar refractivity (Wildman–Crippen MR) is 75.6 cm³/mol. The first kappa shape index (κ1) is 16.1. The molecule has 0 bridgehead atoms. The van der Waals surface area contributed by atoms with Crippen molar-refractivity contribution in [1.29, 1.82) is 0 Å². The van der Waals surface area contributed by atoms with Crippen LogP contribution in [0.5, 0.6) is 0 Å². The Bertz CT molecular complexity index is 350. The van der Waals surface area contributed by atoms with E-state index < -0.39 is 6.43 Å². The number of hydrogen-bond acceptors (Lipinski definition) is 2. The fourth-order valence-electron chi connectivity index (χ4n) is 1.93. The van der Waals surface area contributed by atoms with Gasteiger partial charge in [-0.15, -0.1) is 0 Å². The molecule has 1 aromatic carbocycles. The van der Waals surface area contributed by atoms with Gasteiger partial charge in [0.1, 0.15) is 0 Å². The lowest BCUT2D eigenvalue weighted by Crippen LogP contribution is -2.25. The Morgan fingerprint density at radius 3 is 2.21 bits per heavy atom. The van der Waals surface area contributed by atoms with Crippen LogP contribution in [0.3, 0.4) is 0 Å². The molecule has 0 saturated heterocycles. The van der Waals surface area contributed by atoms with Gasteiger partial charge in [-0.25, -0.2) is 8.78 Å². The van der Waals surface area contributed by atoms with Gasteiger partial charge in [-0.1, -0.05) is 38.1 Å². The molecular weight excluding hydrogens is 246 g/mol. The summed E-state index contributed by atoms with van der Waals surface area (Å²) in [6.07, 6.45) is -1.28. The summed E-state index contributed by atoms with van der Waals surface area (Å²) in [6, 6.07) is 8.70. The first-order valence-electron chi connectivity index (χ1n) is 6.75. The maximum Gasteiger partial charge on any atom is 0.251 e. The van der Waals surface area contributed by atoms with Crippen molar-refractivity contribution in [2.24, 2.45) is 0 Å². The van der Waals surface area contributed by atoms with Crippen LogP contribution in [0.2, 0.25) is 0 Å². The zero-order chi connectivity index (χ0) is 14.3. The van der Waals surface area contributed by atoms with E-state index in [0.717, 1.165) is 18.5 Å². The highest BCUT2D eigenvalue weighted by Crippen LogP contribution is 2.08. The number of alkyl halides is 2. The molecule has 0 amide bonds. The first-order valence-corrected chi connectivity index (χ1v) is 6.75. The molecule has 1 aromatic rings. The van der Waals surface area contributed by atoms with Crippen LogP contribution in [0, 0.1) is 0 Å². The summed E-state index contributed by atoms with van der Waals surface area (Å²) in [5.41, 5.74) is 2.34. The maximum atomic E-state index is 12.2. The van der Waals surface area contributed by atoms with Crippen LogP contribution in [0.25, 0.3) is 0 Å². The average molecular weight is 270 g/mol. The molecule has 0 heterocycles. The lowest BCUT2D eigenvalue weighted by Gasteiger charge is -2.16. The molecule has 0 aromatic heterocycles. The van der Waals surface area contributed by atoms with Gasteiger partial charge in [0.15, 0.2) is 0 Å². The molecular formula is C15H24F2N2. The van der Waals surface area contributed by atoms with Crippen LogP contribution >= 0.6 is 0 Å². The van der Waals surface area contributed by atoms with Gasteiger partial charge in [-0.2, -0.15) is 0 Å². The number of halogens is 2. The Hall–Kier alpha value is -1.00. The summed E-state index contributed by atoms with van der Waals surface area (Å²) < 4.78 is 24.4. The van der Waals surface area contributed by atoms with Gasteiger partial charge in [0.2, 0.25) is 0 Å². The normalized spacial score (nSPS) is 11.8. The SMILES string of the molecule is CC(C)NCCc1ccc(CN(C)CC(F)F)cc1. The highest BCUT2D eigenvalue weighted by molar-refractivity contribution is 5.22. The number of benzene rings is 1. The van der Waals surface area contributed by atoms with E-state index in [2.05, 4.69) is 31.3 Å². The Morgan fingerprint density at radius 2 is 1.68 bits per heavy atom. The second-order valence-electron chi connectivity index (χ2n) is 5.26. The van der Waals surface area contributed by atoms with Crippen molar-refractivity contribution < 1.29 is 8.78 Å². The second-order valence-corrected chi connectivity index (χ2v) is 5.26. The van der Waals surface area contributed by atoms with Gasteiger partial charge in [-0.3, -0.25) is 4.90 Å². The molecule has 0 aliphatic rings. The minimum Gasteiger partial charge on any atom is -0.314 e. The van der Waals surface area contributed by atoms with Crippen molar-refractivity contribution in [3.63, 3.8) is 0 Å². The quantitative estimate of drug-likeness (QED) is 0.781. The van der Waals surface area contributed by atoms with Crippen LogP contribution < -0.4 is 5.32 Å². The highest BCUT2D eigenvalue weighted by Gasteiger charge is 2.07. The average Bonchev–Trinajstić information content (AvgIpc) is 2.29. The molecule has 0 aliphatic carbocycles. The molecule has 1 rings (SSSR count). The van der Waals surface area contributed by atoms with Gasteiger partial charge >= 0.3 is 0 Å². The summed E-state index contributed by atoms with van der Waals surface area (Å²) in [4.78, 5) is 1.64. The molecule has 0 aliphatic heterocycles. The van der Waals surface area contributed by atoms with Crippen molar-refractivity contribution in [2.75, 3.05) is 20.1 Å². The van der Waals surface area contributed by atoms with E-state index in [1.54, 1.807) is 11.9 Å². The van der Waals surface area contributed by atoms with Crippen molar-refractivity contribution >= 4 is 0 Å². The molecule has 0 radical (unpaired) electrons. The molecule has 19 heavy (non-hydrogen) atoms. The van der Waals surface area contributed by atoms with Gasteiger partial charge in [0, 0.05) is 12.6 Å². The third kappa shape index (κ3) is 7.23. The number of rotatable bonds is 8. The van der Waals surface area contributed by atoms with Crippen molar-refractivity contribution in [1.82, 2.24) is 10.2 Å². The summed E-state index contributed by atoms with van der Waals surface area (Å²) >= 11 is 0. The smallest absolute Gasteiger partial charge is 0.251 e. The van der Waals surface area contributed by atoms with E-state index >= 15 is 0 Å². The number of nitrogens with zero attached hydrogens (tertiary/aromatic N) is 1. The van der Waals surface area contributed by atoms with Crippen molar-refractivity contribution in [2.45, 2.75) is 39.3 Å². The molecule has 2 nitrogen and oxygen atoms in total. The topological polar surface area (TPSA) is 15.3 Å². The third-order valence-electron chi connectivity index (χ3n) is 2.89. The van der Waals surface area contributed by atoms with E-state index in [-0.39, 0.29) is 6.54 Å². The van der Waals surface area contributed by atoms with Gasteiger partial charge in [0.25, 0.3) is 6.43 Å². The van der Waals surface area contributed by atoms with E-state index in [9.17, 15) is 8.78 Å². The molecule has 108 valence electrons. The molecule has 0 fully saturated rings. The van der Waals surface area contributed by atoms with Crippen LogP contribution in [0.4, 0.5) is 8.78 Å². The summed E-state index contributed by atoms with van der Waals surface area (Å²) in [6.45, 7) is 5.60. The largest absolute Gasteiger partial charge is 0.314 e. The highest BCUT2D eigenvalue weighted by atomic mass is 19.3. The molecule has 0 unspecified atom stereocenters. The third-order valence-corrected chi connectivity index (χ3v) is 2.89. The van der Waals surface area contributed by atoms with E-state index in [4.69, 9.17) is 0 Å². The van der Waals surface area contributed by atoms with Crippen LogP contribution in [0.15, 0.2) is 24.3 Å². The number of hydrogen-bond donors (Lipinski definition) is 1. The van der Waals surface area contributed by atoms with E-state index in [0.29, 0.717) is 12.6 Å². The Labute approximate surface area is 114 Å². The van der Waals surface area contributed by atoms with Crippen molar-refractivity contribution in [3.8, 4) is 0 Å². The number of nitrogens with one attached hydrogen (secondary N) is 1. The van der Waals surface area contributed by atoms with E-state index in [1.807, 2.05) is 12.1 Å². The molecule has 0 saturated carbocycles. The van der Waals surface area contributed by atoms with Gasteiger partial charge < -0.3 is 5.32 Å². The van der Waals surface area contributed by atoms with E-state index in [1.165, 1.54) is 5.56 Å². The molecule has 0 atom stereocenters. The fourth-order valence-corrected chi connectivity index (χ4v) is 1.93. The minimum atomic E-state index is -2.27. The Kier molecular flexibility index (Phi) is 6.95. The zero-order valence-electron chi connectivity index (χ0n) is 12.0. The van der Waals surface area contributed by atoms with Gasteiger partial charge in [-0.05, 0) is 31.1 Å². The van der Waals surface area contributed by atoms with Crippen molar-refractivity contribution in [3.05, 3.63) is 35.4 Å². The first-order chi connectivity index (χ1) is 8.97. The standard InChI is InChI=1S/C15H24F2N2/c1-12(2)18-9-8-13-4-6-14(7-5-13)10-19(3)11-15(16)17/h4-7,12,15,18H,8-11H2,1-3H3. The minimum absolute atomic E-state index is 0.180. The maximum absolute atomic E-state index is 12.2. The summed E-state index contributed by atoms with van der Waals surface area (Å²) in [7, 11) is 1.71. The lowest BCUT2D eigenvalue weighted by molar-refractivity contribution is 0.0975. The Morgan fingerprint density at radius 1 is 1.11 bits per heavy atom. The fraction of sp³-hybridized carbons (Fsp3) is 0.600. The van der Waals surface area contributed by atoms with Crippen LogP contribution in [0.1, 0.15) is 25.0 Å². The molecule has 4 heteroatoms. The van der Waals surface area contributed by atoms with Crippen LogP contribution in [-0.2, 0) is 13.0 Å². The monoisotopic (exact) mass is 270 g/mol. The van der Waals surface area contributed by atoms with Crippen LogP contribution in [-0.4, -0.2) is 37.5 Å². The molecule has 0 spiro atoms. The lowest BCUT2D eigenvalue weighted by atomic mass is 10.1. The predicted octanol–water partition coefficient (Wildman–Crippen LogP) is 2.92. The second kappa shape index (κ2) is 8.23. The Balaban J connectivity index is 2.38. The van der Waals surface area contributed by atoms with Gasteiger partial charge in [0.05, 0.1) is 6.54 Å².